The summed E-state index contributed by atoms with van der Waals surface area (Å²) in [6.45, 7) is 2.72. The van der Waals surface area contributed by atoms with Crippen LogP contribution in [0.15, 0.2) is 60.7 Å². The summed E-state index contributed by atoms with van der Waals surface area (Å²) in [4.78, 5) is 0. The number of hydrogen-bond donors (Lipinski definition) is 1. The molecule has 0 radical (unpaired) electrons. The summed E-state index contributed by atoms with van der Waals surface area (Å²) < 4.78 is 17.6. The van der Waals surface area contributed by atoms with Crippen molar-refractivity contribution in [1.29, 1.82) is 0 Å². The summed E-state index contributed by atoms with van der Waals surface area (Å²) in [6.07, 6.45) is 2.08. The standard InChI is InChI=1S/C23H23NO3/c1-2-5-19-12-17(6-7-18(19)4-1)14-27-23(10-3-11-24-15-23)20-8-9-21-22(13-20)26-16-25-21/h1-2,4-9,12-13,24H,3,10-11,14-16H2. The Labute approximate surface area is 159 Å². The third-order valence-corrected chi connectivity index (χ3v) is 5.57. The van der Waals surface area contributed by atoms with Crippen LogP contribution in [0.2, 0.25) is 0 Å². The zero-order chi connectivity index (χ0) is 18.1. The van der Waals surface area contributed by atoms with E-state index in [0.29, 0.717) is 13.4 Å². The van der Waals surface area contributed by atoms with Crippen molar-refractivity contribution in [3.8, 4) is 11.5 Å². The van der Waals surface area contributed by atoms with Crippen LogP contribution in [0.1, 0.15) is 24.0 Å². The Balaban J connectivity index is 1.43. The molecule has 1 saturated heterocycles. The molecule has 4 heteroatoms. The Hall–Kier alpha value is -2.56. The molecule has 0 bridgehead atoms. The molecule has 1 fully saturated rings. The molecule has 2 aliphatic heterocycles. The molecular formula is C23H23NO3. The zero-order valence-corrected chi connectivity index (χ0v) is 15.2. The van der Waals surface area contributed by atoms with E-state index in [0.717, 1.165) is 43.0 Å². The summed E-state index contributed by atoms with van der Waals surface area (Å²) in [5.74, 6) is 1.62. The van der Waals surface area contributed by atoms with Crippen LogP contribution in [0.5, 0.6) is 11.5 Å². The molecule has 4 nitrogen and oxygen atoms in total. The minimum atomic E-state index is -0.342. The number of benzene rings is 3. The Morgan fingerprint density at radius 2 is 1.81 bits per heavy atom. The van der Waals surface area contributed by atoms with Gasteiger partial charge in [-0.1, -0.05) is 42.5 Å². The molecule has 1 unspecified atom stereocenters. The van der Waals surface area contributed by atoms with E-state index in [1.54, 1.807) is 0 Å². The van der Waals surface area contributed by atoms with Crippen LogP contribution in [0.25, 0.3) is 10.8 Å². The molecule has 5 rings (SSSR count). The Morgan fingerprint density at radius 3 is 2.70 bits per heavy atom. The second kappa shape index (κ2) is 6.87. The molecule has 0 aliphatic carbocycles. The number of ether oxygens (including phenoxy) is 3. The van der Waals surface area contributed by atoms with Crippen molar-refractivity contribution < 1.29 is 14.2 Å². The summed E-state index contributed by atoms with van der Waals surface area (Å²) in [7, 11) is 0. The van der Waals surface area contributed by atoms with Crippen LogP contribution in [0.4, 0.5) is 0 Å². The van der Waals surface area contributed by atoms with Gasteiger partial charge in [0.25, 0.3) is 0 Å². The van der Waals surface area contributed by atoms with E-state index < -0.39 is 0 Å². The topological polar surface area (TPSA) is 39.7 Å². The maximum atomic E-state index is 6.59. The first-order valence-electron chi connectivity index (χ1n) is 9.55. The highest BCUT2D eigenvalue weighted by Gasteiger charge is 2.36. The minimum Gasteiger partial charge on any atom is -0.454 e. The normalized spacial score (nSPS) is 21.5. The molecule has 1 atom stereocenters. The van der Waals surface area contributed by atoms with Gasteiger partial charge in [0.1, 0.15) is 5.60 Å². The van der Waals surface area contributed by atoms with Crippen molar-refractivity contribution >= 4 is 10.8 Å². The van der Waals surface area contributed by atoms with Crippen molar-refractivity contribution in [3.05, 3.63) is 71.8 Å². The lowest BCUT2D eigenvalue weighted by Gasteiger charge is -2.38. The second-order valence-corrected chi connectivity index (χ2v) is 7.31. The van der Waals surface area contributed by atoms with Crippen molar-refractivity contribution in [3.63, 3.8) is 0 Å². The molecule has 0 saturated carbocycles. The van der Waals surface area contributed by atoms with Crippen LogP contribution in [0, 0.1) is 0 Å². The monoisotopic (exact) mass is 361 g/mol. The fourth-order valence-electron chi connectivity index (χ4n) is 4.06. The predicted molar refractivity (Wildman–Crippen MR) is 105 cm³/mol. The van der Waals surface area contributed by atoms with Gasteiger partial charge in [0, 0.05) is 6.54 Å². The highest BCUT2D eigenvalue weighted by molar-refractivity contribution is 5.82. The molecule has 0 aromatic heterocycles. The number of rotatable bonds is 4. The Morgan fingerprint density at radius 1 is 0.926 bits per heavy atom. The van der Waals surface area contributed by atoms with Crippen LogP contribution < -0.4 is 14.8 Å². The number of piperidine rings is 1. The van der Waals surface area contributed by atoms with E-state index in [-0.39, 0.29) is 5.60 Å². The van der Waals surface area contributed by atoms with Gasteiger partial charge in [-0.2, -0.15) is 0 Å². The quantitative estimate of drug-likeness (QED) is 0.749. The lowest BCUT2D eigenvalue weighted by Crippen LogP contribution is -2.45. The zero-order valence-electron chi connectivity index (χ0n) is 15.2. The molecule has 138 valence electrons. The summed E-state index contributed by atoms with van der Waals surface area (Å²) in [5.41, 5.74) is 2.00. The van der Waals surface area contributed by atoms with Crippen LogP contribution in [0.3, 0.4) is 0 Å². The van der Waals surface area contributed by atoms with Crippen LogP contribution in [-0.2, 0) is 16.9 Å². The lowest BCUT2D eigenvalue weighted by atomic mass is 9.86. The van der Waals surface area contributed by atoms with Gasteiger partial charge in [-0.05, 0) is 59.5 Å². The molecular weight excluding hydrogens is 338 g/mol. The third-order valence-electron chi connectivity index (χ3n) is 5.57. The minimum absolute atomic E-state index is 0.294. The van der Waals surface area contributed by atoms with E-state index in [4.69, 9.17) is 14.2 Å². The highest BCUT2D eigenvalue weighted by atomic mass is 16.7. The van der Waals surface area contributed by atoms with Gasteiger partial charge >= 0.3 is 0 Å². The van der Waals surface area contributed by atoms with Gasteiger partial charge < -0.3 is 19.5 Å². The molecule has 1 N–H and O–H groups in total. The number of nitrogens with one attached hydrogen (secondary N) is 1. The largest absolute Gasteiger partial charge is 0.454 e. The average molecular weight is 361 g/mol. The van der Waals surface area contributed by atoms with Crippen molar-refractivity contribution in [2.75, 3.05) is 19.9 Å². The van der Waals surface area contributed by atoms with Crippen molar-refractivity contribution in [1.82, 2.24) is 5.32 Å². The van der Waals surface area contributed by atoms with E-state index in [2.05, 4.69) is 59.9 Å². The van der Waals surface area contributed by atoms with Crippen LogP contribution in [-0.4, -0.2) is 19.9 Å². The summed E-state index contributed by atoms with van der Waals surface area (Å²) in [6, 6.07) is 21.2. The first-order valence-corrected chi connectivity index (χ1v) is 9.55. The Bertz CT molecular complexity index is 963. The smallest absolute Gasteiger partial charge is 0.231 e. The fraction of sp³-hybridized carbons (Fsp3) is 0.304. The molecule has 2 aliphatic rings. The number of hydrogen-bond acceptors (Lipinski definition) is 4. The van der Waals surface area contributed by atoms with Gasteiger partial charge in [0.2, 0.25) is 6.79 Å². The van der Waals surface area contributed by atoms with E-state index in [9.17, 15) is 0 Å². The fourth-order valence-corrected chi connectivity index (χ4v) is 4.06. The van der Waals surface area contributed by atoms with Gasteiger partial charge in [-0.3, -0.25) is 0 Å². The van der Waals surface area contributed by atoms with Gasteiger partial charge in [-0.25, -0.2) is 0 Å². The third kappa shape index (κ3) is 3.15. The van der Waals surface area contributed by atoms with Crippen molar-refractivity contribution in [2.45, 2.75) is 25.0 Å². The number of fused-ring (bicyclic) bond motifs is 2. The molecule has 0 spiro atoms. The Kier molecular flexibility index (Phi) is 4.23. The summed E-state index contributed by atoms with van der Waals surface area (Å²) in [5, 5.41) is 6.01. The maximum Gasteiger partial charge on any atom is 0.231 e. The molecule has 27 heavy (non-hydrogen) atoms. The average Bonchev–Trinajstić information content (AvgIpc) is 3.21. The maximum absolute atomic E-state index is 6.59. The second-order valence-electron chi connectivity index (χ2n) is 7.31. The highest BCUT2D eigenvalue weighted by Crippen LogP contribution is 2.40. The molecule has 2 heterocycles. The lowest BCUT2D eigenvalue weighted by molar-refractivity contribution is -0.0767. The molecule has 0 amide bonds. The van der Waals surface area contributed by atoms with E-state index in [1.807, 2.05) is 6.07 Å². The predicted octanol–water partition coefficient (Wildman–Crippen LogP) is 4.36. The summed E-state index contributed by atoms with van der Waals surface area (Å²) >= 11 is 0. The first-order chi connectivity index (χ1) is 13.3. The van der Waals surface area contributed by atoms with Gasteiger partial charge in [0.05, 0.1) is 6.61 Å². The first kappa shape index (κ1) is 16.6. The SMILES string of the molecule is c1ccc2cc(COC3(c4ccc5c(c4)OCO5)CCCNC3)ccc2c1. The van der Waals surface area contributed by atoms with Crippen LogP contribution >= 0.6 is 0 Å². The van der Waals surface area contributed by atoms with Gasteiger partial charge in [0.15, 0.2) is 11.5 Å². The van der Waals surface area contributed by atoms with Gasteiger partial charge in [-0.15, -0.1) is 0 Å². The van der Waals surface area contributed by atoms with Crippen molar-refractivity contribution in [2.24, 2.45) is 0 Å². The van der Waals surface area contributed by atoms with E-state index >= 15 is 0 Å². The molecule has 3 aromatic carbocycles. The van der Waals surface area contributed by atoms with E-state index in [1.165, 1.54) is 16.3 Å². The molecule has 3 aromatic rings.